The Balaban J connectivity index is 1.68. The summed E-state index contributed by atoms with van der Waals surface area (Å²) in [5.41, 5.74) is 8.64. The molecule has 0 spiro atoms. The maximum absolute atomic E-state index is 6.11. The summed E-state index contributed by atoms with van der Waals surface area (Å²) in [6.45, 7) is 2.28. The zero-order valence-corrected chi connectivity index (χ0v) is 11.6. The number of aromatic nitrogens is 2. The van der Waals surface area contributed by atoms with Crippen molar-refractivity contribution in [1.29, 1.82) is 0 Å². The average Bonchev–Trinajstić information content (AvgIpc) is 2.93. The highest BCUT2D eigenvalue weighted by atomic mass is 16.5. The van der Waals surface area contributed by atoms with E-state index in [0.29, 0.717) is 18.4 Å². The Labute approximate surface area is 118 Å². The van der Waals surface area contributed by atoms with Gasteiger partial charge in [-0.05, 0) is 42.5 Å². The van der Waals surface area contributed by atoms with Gasteiger partial charge >= 0.3 is 0 Å². The first-order chi connectivity index (χ1) is 9.76. The van der Waals surface area contributed by atoms with E-state index >= 15 is 0 Å². The van der Waals surface area contributed by atoms with Crippen LogP contribution in [0.4, 0.5) is 0 Å². The third kappa shape index (κ3) is 2.67. The molecule has 0 bridgehead atoms. The lowest BCUT2D eigenvalue weighted by Gasteiger charge is -2.22. The fourth-order valence-corrected chi connectivity index (χ4v) is 2.55. The molecule has 0 radical (unpaired) electrons. The van der Waals surface area contributed by atoms with Crippen molar-refractivity contribution in [1.82, 2.24) is 10.2 Å². The average molecular weight is 273 g/mol. The van der Waals surface area contributed by atoms with Crippen LogP contribution in [0.5, 0.6) is 5.75 Å². The zero-order chi connectivity index (χ0) is 13.9. The Bertz CT molecular complexity index is 595. The largest absolute Gasteiger partial charge is 0.484 e. The molecule has 106 valence electrons. The number of ether oxygens (including phenoxy) is 1. The Kier molecular flexibility index (Phi) is 3.69. The number of hydrogen-bond acceptors (Lipinski definition) is 5. The van der Waals surface area contributed by atoms with Crippen LogP contribution < -0.4 is 10.5 Å². The number of nitrogens with two attached hydrogens (primary N) is 1. The van der Waals surface area contributed by atoms with Crippen LogP contribution >= 0.6 is 0 Å². The third-order valence-electron chi connectivity index (χ3n) is 3.65. The van der Waals surface area contributed by atoms with Crippen molar-refractivity contribution >= 4 is 0 Å². The lowest BCUT2D eigenvalue weighted by molar-refractivity contribution is 0.259. The second kappa shape index (κ2) is 5.63. The van der Waals surface area contributed by atoms with E-state index in [1.807, 2.05) is 13.0 Å². The molecule has 1 atom stereocenters. The standard InChI is InChI=1S/C15H19N3O2/c1-2-14-17-18-15(20-14)9-19-11-6-7-12-10(8-11)4-3-5-13(12)16/h6-8,13H,2-5,9,16H2,1H3. The molecule has 1 unspecified atom stereocenters. The van der Waals surface area contributed by atoms with Crippen molar-refractivity contribution in [3.05, 3.63) is 41.1 Å². The van der Waals surface area contributed by atoms with Crippen LogP contribution in [0.3, 0.4) is 0 Å². The summed E-state index contributed by atoms with van der Waals surface area (Å²) in [5, 5.41) is 7.85. The first-order valence-electron chi connectivity index (χ1n) is 7.08. The van der Waals surface area contributed by atoms with Crippen molar-refractivity contribution in [2.75, 3.05) is 0 Å². The first kappa shape index (κ1) is 13.1. The molecular weight excluding hydrogens is 254 g/mol. The van der Waals surface area contributed by atoms with Crippen molar-refractivity contribution in [3.8, 4) is 5.75 Å². The van der Waals surface area contributed by atoms with E-state index in [1.165, 1.54) is 11.1 Å². The summed E-state index contributed by atoms with van der Waals surface area (Å²) in [5.74, 6) is 1.98. The molecule has 0 fully saturated rings. The fraction of sp³-hybridized carbons (Fsp3) is 0.467. The van der Waals surface area contributed by atoms with E-state index < -0.39 is 0 Å². The molecule has 1 aromatic carbocycles. The highest BCUT2D eigenvalue weighted by molar-refractivity contribution is 5.38. The predicted octanol–water partition coefficient (Wildman–Crippen LogP) is 2.55. The topological polar surface area (TPSA) is 74.2 Å². The third-order valence-corrected chi connectivity index (χ3v) is 3.65. The molecule has 1 heterocycles. The van der Waals surface area contributed by atoms with Gasteiger partial charge in [-0.15, -0.1) is 10.2 Å². The lowest BCUT2D eigenvalue weighted by Crippen LogP contribution is -2.17. The lowest BCUT2D eigenvalue weighted by atomic mass is 9.88. The highest BCUT2D eigenvalue weighted by Gasteiger charge is 2.17. The van der Waals surface area contributed by atoms with Gasteiger partial charge in [-0.1, -0.05) is 13.0 Å². The molecule has 3 rings (SSSR count). The second-order valence-electron chi connectivity index (χ2n) is 5.09. The Morgan fingerprint density at radius 1 is 1.35 bits per heavy atom. The van der Waals surface area contributed by atoms with Gasteiger partial charge in [0.15, 0.2) is 6.61 Å². The van der Waals surface area contributed by atoms with Gasteiger partial charge in [0.2, 0.25) is 5.89 Å². The van der Waals surface area contributed by atoms with Gasteiger partial charge in [-0.2, -0.15) is 0 Å². The van der Waals surface area contributed by atoms with Crippen molar-refractivity contribution in [2.45, 2.75) is 45.3 Å². The van der Waals surface area contributed by atoms with Crippen LogP contribution in [-0.4, -0.2) is 10.2 Å². The molecule has 5 nitrogen and oxygen atoms in total. The maximum atomic E-state index is 6.11. The zero-order valence-electron chi connectivity index (χ0n) is 11.6. The van der Waals surface area contributed by atoms with Gasteiger partial charge < -0.3 is 14.9 Å². The summed E-state index contributed by atoms with van der Waals surface area (Å²) < 4.78 is 11.1. The van der Waals surface area contributed by atoms with Gasteiger partial charge in [0.1, 0.15) is 5.75 Å². The first-order valence-corrected chi connectivity index (χ1v) is 7.08. The number of benzene rings is 1. The van der Waals surface area contributed by atoms with Crippen molar-refractivity contribution in [3.63, 3.8) is 0 Å². The van der Waals surface area contributed by atoms with Crippen LogP contribution in [-0.2, 0) is 19.4 Å². The molecule has 0 saturated carbocycles. The van der Waals surface area contributed by atoms with E-state index in [2.05, 4.69) is 22.3 Å². The van der Waals surface area contributed by atoms with Gasteiger partial charge in [0.25, 0.3) is 5.89 Å². The van der Waals surface area contributed by atoms with Crippen LogP contribution in [0.1, 0.15) is 48.7 Å². The Hall–Kier alpha value is -1.88. The minimum absolute atomic E-state index is 0.163. The minimum Gasteiger partial charge on any atom is -0.484 e. The van der Waals surface area contributed by atoms with Crippen LogP contribution in [0.25, 0.3) is 0 Å². The molecule has 20 heavy (non-hydrogen) atoms. The Morgan fingerprint density at radius 3 is 3.00 bits per heavy atom. The molecule has 0 aliphatic heterocycles. The monoisotopic (exact) mass is 273 g/mol. The van der Waals surface area contributed by atoms with Crippen molar-refractivity contribution in [2.24, 2.45) is 5.73 Å². The number of rotatable bonds is 4. The summed E-state index contributed by atoms with van der Waals surface area (Å²) in [6, 6.07) is 6.27. The van der Waals surface area contributed by atoms with Gasteiger partial charge in [0.05, 0.1) is 0 Å². The van der Waals surface area contributed by atoms with Crippen LogP contribution in [0.2, 0.25) is 0 Å². The molecule has 0 amide bonds. The molecule has 1 aliphatic rings. The van der Waals surface area contributed by atoms with E-state index in [0.717, 1.165) is 31.4 Å². The van der Waals surface area contributed by atoms with Crippen molar-refractivity contribution < 1.29 is 9.15 Å². The molecule has 0 saturated heterocycles. The van der Waals surface area contributed by atoms with Gasteiger partial charge in [-0.3, -0.25) is 0 Å². The van der Waals surface area contributed by atoms with E-state index in [1.54, 1.807) is 0 Å². The number of nitrogens with zero attached hydrogens (tertiary/aromatic N) is 2. The SMILES string of the molecule is CCc1nnc(COc2ccc3c(c2)CCCC3N)o1. The number of aryl methyl sites for hydroxylation is 2. The summed E-state index contributed by atoms with van der Waals surface area (Å²) >= 11 is 0. The minimum atomic E-state index is 0.163. The Morgan fingerprint density at radius 2 is 2.20 bits per heavy atom. The smallest absolute Gasteiger partial charge is 0.253 e. The maximum Gasteiger partial charge on any atom is 0.253 e. The quantitative estimate of drug-likeness (QED) is 0.926. The fourth-order valence-electron chi connectivity index (χ4n) is 2.55. The summed E-state index contributed by atoms with van der Waals surface area (Å²) in [6.07, 6.45) is 4.01. The molecule has 2 N–H and O–H groups in total. The normalized spacial score (nSPS) is 17.8. The molecule has 5 heteroatoms. The van der Waals surface area contributed by atoms with Gasteiger partial charge in [-0.25, -0.2) is 0 Å². The summed E-state index contributed by atoms with van der Waals surface area (Å²) in [4.78, 5) is 0. The van der Waals surface area contributed by atoms with E-state index in [9.17, 15) is 0 Å². The number of fused-ring (bicyclic) bond motifs is 1. The van der Waals surface area contributed by atoms with E-state index in [-0.39, 0.29) is 6.04 Å². The summed E-state index contributed by atoms with van der Waals surface area (Å²) in [7, 11) is 0. The molecule has 1 aliphatic carbocycles. The molecule has 2 aromatic rings. The second-order valence-corrected chi connectivity index (χ2v) is 5.09. The number of hydrogen-bond donors (Lipinski definition) is 1. The van der Waals surface area contributed by atoms with Crippen LogP contribution in [0.15, 0.2) is 22.6 Å². The molecule has 1 aromatic heterocycles. The predicted molar refractivity (Wildman–Crippen MR) is 74.3 cm³/mol. The highest BCUT2D eigenvalue weighted by Crippen LogP contribution is 2.30. The molecular formula is C15H19N3O2. The van der Waals surface area contributed by atoms with Crippen LogP contribution in [0, 0.1) is 0 Å². The van der Waals surface area contributed by atoms with E-state index in [4.69, 9.17) is 14.9 Å². The van der Waals surface area contributed by atoms with Gasteiger partial charge in [0, 0.05) is 12.5 Å².